The number of hydrogen-bond donors (Lipinski definition) is 3. The molecule has 0 saturated carbocycles. The van der Waals surface area contributed by atoms with Gasteiger partial charge in [0, 0.05) is 30.9 Å². The highest BCUT2D eigenvalue weighted by molar-refractivity contribution is 7.90. The van der Waals surface area contributed by atoms with Crippen LogP contribution >= 0.6 is 11.6 Å². The van der Waals surface area contributed by atoms with E-state index in [0.717, 1.165) is 11.1 Å². The van der Waals surface area contributed by atoms with Gasteiger partial charge < -0.3 is 5.32 Å². The predicted molar refractivity (Wildman–Crippen MR) is 110 cm³/mol. The third-order valence-corrected chi connectivity index (χ3v) is 5.32. The Hall–Kier alpha value is -2.82. The highest BCUT2D eigenvalue weighted by Crippen LogP contribution is 2.26. The quantitative estimate of drug-likeness (QED) is 0.525. The third kappa shape index (κ3) is 5.37. The summed E-state index contributed by atoms with van der Waals surface area (Å²) in [7, 11) is -2.43. The fraction of sp³-hybridized carbons (Fsp3) is 0.167. The number of anilines is 3. The van der Waals surface area contributed by atoms with E-state index in [-0.39, 0.29) is 11.6 Å². The molecule has 0 aliphatic heterocycles. The summed E-state index contributed by atoms with van der Waals surface area (Å²) in [6.45, 7) is 1.87. The second-order valence-electron chi connectivity index (χ2n) is 6.08. The van der Waals surface area contributed by atoms with Crippen molar-refractivity contribution in [2.75, 3.05) is 17.1 Å². The van der Waals surface area contributed by atoms with Crippen molar-refractivity contribution < 1.29 is 12.8 Å². The second kappa shape index (κ2) is 8.68. The fourth-order valence-corrected chi connectivity index (χ4v) is 3.12. The van der Waals surface area contributed by atoms with Crippen molar-refractivity contribution in [1.82, 2.24) is 19.7 Å². The van der Waals surface area contributed by atoms with Crippen LogP contribution in [0.2, 0.25) is 5.02 Å². The van der Waals surface area contributed by atoms with Gasteiger partial charge in [0.25, 0.3) is 0 Å². The molecule has 0 saturated heterocycles. The standard InChI is InChI=1S/C18H18ClFN6O2S/c1-11-12(7-14-5-6-23-18(24-14)26-29(27,28)21-2)9-22-10-17(11)25-16-4-3-13(19)8-15(16)20/h3-6,8-10,21,25H,7H2,1-2H3,(H,23,24,26). The van der Waals surface area contributed by atoms with Crippen molar-refractivity contribution in [2.45, 2.75) is 13.3 Å². The average molecular weight is 437 g/mol. The molecule has 3 aromatic rings. The van der Waals surface area contributed by atoms with Gasteiger partial charge in [-0.05, 0) is 42.3 Å². The molecule has 11 heteroatoms. The Kier molecular flexibility index (Phi) is 6.26. The molecule has 152 valence electrons. The molecule has 1 aromatic carbocycles. The van der Waals surface area contributed by atoms with Gasteiger partial charge in [0.2, 0.25) is 5.95 Å². The molecule has 2 heterocycles. The minimum absolute atomic E-state index is 0.0417. The van der Waals surface area contributed by atoms with E-state index in [2.05, 4.69) is 29.7 Å². The lowest BCUT2D eigenvalue weighted by Gasteiger charge is -2.13. The van der Waals surface area contributed by atoms with E-state index in [1.165, 1.54) is 19.3 Å². The lowest BCUT2D eigenvalue weighted by Crippen LogP contribution is -2.27. The van der Waals surface area contributed by atoms with E-state index in [0.29, 0.717) is 22.8 Å². The Labute approximate surface area is 172 Å². The van der Waals surface area contributed by atoms with Gasteiger partial charge in [0.05, 0.1) is 23.3 Å². The first-order valence-corrected chi connectivity index (χ1v) is 10.3. The SMILES string of the molecule is CNS(=O)(=O)Nc1nccc(Cc2cncc(Nc3ccc(Cl)cc3F)c2C)n1. The second-order valence-corrected chi connectivity index (χ2v) is 8.13. The van der Waals surface area contributed by atoms with Gasteiger partial charge >= 0.3 is 10.2 Å². The number of hydrogen-bond acceptors (Lipinski definition) is 6. The molecule has 0 radical (unpaired) electrons. The maximum Gasteiger partial charge on any atom is 0.301 e. The molecule has 0 bridgehead atoms. The van der Waals surface area contributed by atoms with Crippen molar-refractivity contribution in [3.05, 3.63) is 70.5 Å². The summed E-state index contributed by atoms with van der Waals surface area (Å²) in [5, 5.41) is 3.33. The third-order valence-electron chi connectivity index (χ3n) is 4.10. The van der Waals surface area contributed by atoms with Crippen LogP contribution < -0.4 is 14.8 Å². The maximum absolute atomic E-state index is 14.1. The lowest BCUT2D eigenvalue weighted by molar-refractivity contribution is 0.593. The van der Waals surface area contributed by atoms with Crippen LogP contribution in [0.4, 0.5) is 21.7 Å². The van der Waals surface area contributed by atoms with E-state index < -0.39 is 16.0 Å². The molecule has 0 amide bonds. The number of nitrogens with one attached hydrogen (secondary N) is 3. The molecule has 0 fully saturated rings. The number of benzene rings is 1. The van der Waals surface area contributed by atoms with Crippen molar-refractivity contribution in [1.29, 1.82) is 0 Å². The van der Waals surface area contributed by atoms with Crippen LogP contribution in [0.1, 0.15) is 16.8 Å². The number of rotatable bonds is 7. The zero-order valence-corrected chi connectivity index (χ0v) is 17.1. The minimum Gasteiger partial charge on any atom is -0.352 e. The van der Waals surface area contributed by atoms with Crippen molar-refractivity contribution in [2.24, 2.45) is 0 Å². The molecule has 0 aliphatic rings. The maximum atomic E-state index is 14.1. The molecule has 0 unspecified atom stereocenters. The van der Waals surface area contributed by atoms with Crippen LogP contribution in [0.3, 0.4) is 0 Å². The summed E-state index contributed by atoms with van der Waals surface area (Å²) >= 11 is 5.79. The van der Waals surface area contributed by atoms with E-state index >= 15 is 0 Å². The average Bonchev–Trinajstić information content (AvgIpc) is 2.67. The molecule has 8 nitrogen and oxygen atoms in total. The largest absolute Gasteiger partial charge is 0.352 e. The number of halogens is 2. The molecular formula is C18H18ClFN6O2S. The Morgan fingerprint density at radius 2 is 1.97 bits per heavy atom. The van der Waals surface area contributed by atoms with Gasteiger partial charge in [0.15, 0.2) is 0 Å². The van der Waals surface area contributed by atoms with Crippen molar-refractivity contribution >= 4 is 39.1 Å². The van der Waals surface area contributed by atoms with Crippen LogP contribution in [0, 0.1) is 12.7 Å². The Balaban J connectivity index is 1.83. The van der Waals surface area contributed by atoms with Crippen LogP contribution in [0.25, 0.3) is 0 Å². The van der Waals surface area contributed by atoms with E-state index in [4.69, 9.17) is 11.6 Å². The van der Waals surface area contributed by atoms with E-state index in [1.54, 1.807) is 30.6 Å². The van der Waals surface area contributed by atoms with Gasteiger partial charge in [-0.2, -0.15) is 8.42 Å². The summed E-state index contributed by atoms with van der Waals surface area (Å²) < 4.78 is 41.6. The van der Waals surface area contributed by atoms with Crippen LogP contribution in [0.5, 0.6) is 0 Å². The topological polar surface area (TPSA) is 109 Å². The first-order chi connectivity index (χ1) is 13.8. The van der Waals surface area contributed by atoms with Crippen LogP contribution in [-0.2, 0) is 16.6 Å². The number of pyridine rings is 1. The summed E-state index contributed by atoms with van der Waals surface area (Å²) in [5.41, 5.74) is 3.19. The highest BCUT2D eigenvalue weighted by atomic mass is 35.5. The van der Waals surface area contributed by atoms with Gasteiger partial charge in [0.1, 0.15) is 5.82 Å². The number of aromatic nitrogens is 3. The summed E-state index contributed by atoms with van der Waals surface area (Å²) in [5.74, 6) is -0.514. The Morgan fingerprint density at radius 3 is 2.69 bits per heavy atom. The van der Waals surface area contributed by atoms with Gasteiger partial charge in [-0.15, -0.1) is 0 Å². The summed E-state index contributed by atoms with van der Waals surface area (Å²) in [6, 6.07) is 6.04. The zero-order valence-electron chi connectivity index (χ0n) is 15.6. The van der Waals surface area contributed by atoms with Crippen LogP contribution in [-0.4, -0.2) is 30.4 Å². The first-order valence-electron chi connectivity index (χ1n) is 8.46. The molecule has 0 spiro atoms. The zero-order chi connectivity index (χ0) is 21.0. The summed E-state index contributed by atoms with van der Waals surface area (Å²) in [4.78, 5) is 12.3. The molecule has 0 aliphatic carbocycles. The minimum atomic E-state index is -3.71. The first kappa shape index (κ1) is 20.9. The normalized spacial score (nSPS) is 11.3. The molecular weight excluding hydrogens is 419 g/mol. The lowest BCUT2D eigenvalue weighted by atomic mass is 10.0. The summed E-state index contributed by atoms with van der Waals surface area (Å²) in [6.07, 6.45) is 5.12. The van der Waals surface area contributed by atoms with E-state index in [9.17, 15) is 12.8 Å². The van der Waals surface area contributed by atoms with Crippen molar-refractivity contribution in [3.8, 4) is 0 Å². The smallest absolute Gasteiger partial charge is 0.301 e. The highest BCUT2D eigenvalue weighted by Gasteiger charge is 2.12. The van der Waals surface area contributed by atoms with E-state index in [1.807, 2.05) is 6.92 Å². The molecule has 0 atom stereocenters. The van der Waals surface area contributed by atoms with Crippen LogP contribution in [0.15, 0.2) is 42.9 Å². The molecule has 2 aromatic heterocycles. The Morgan fingerprint density at radius 1 is 1.17 bits per heavy atom. The number of nitrogens with zero attached hydrogens (tertiary/aromatic N) is 3. The van der Waals surface area contributed by atoms with Gasteiger partial charge in [-0.25, -0.2) is 23.8 Å². The molecule has 29 heavy (non-hydrogen) atoms. The fourth-order valence-electron chi connectivity index (χ4n) is 2.52. The van der Waals surface area contributed by atoms with Gasteiger partial charge in [-0.1, -0.05) is 11.6 Å². The monoisotopic (exact) mass is 436 g/mol. The Bertz CT molecular complexity index is 1140. The predicted octanol–water partition coefficient (Wildman–Crippen LogP) is 3.18. The van der Waals surface area contributed by atoms with Crippen molar-refractivity contribution in [3.63, 3.8) is 0 Å². The molecule has 3 rings (SSSR count). The van der Waals surface area contributed by atoms with Gasteiger partial charge in [-0.3, -0.25) is 4.98 Å². The molecule has 3 N–H and O–H groups in total.